The Morgan fingerprint density at radius 1 is 1.59 bits per heavy atom. The predicted octanol–water partition coefficient (Wildman–Crippen LogP) is 1.16. The van der Waals surface area contributed by atoms with Crippen LogP contribution in [0, 0.1) is 17.1 Å². The van der Waals surface area contributed by atoms with Crippen LogP contribution in [0.2, 0.25) is 0 Å². The Kier molecular flexibility index (Phi) is 5.11. The van der Waals surface area contributed by atoms with Crippen LogP contribution in [0.15, 0.2) is 18.2 Å². The molecule has 22 heavy (non-hydrogen) atoms. The molecule has 0 aliphatic carbocycles. The fourth-order valence-electron chi connectivity index (χ4n) is 2.88. The number of nitrogens with zero attached hydrogens (tertiary/aromatic N) is 2. The van der Waals surface area contributed by atoms with Gasteiger partial charge in [-0.2, -0.15) is 5.26 Å². The van der Waals surface area contributed by atoms with Gasteiger partial charge in [-0.3, -0.25) is 9.69 Å². The average molecular weight is 305 g/mol. The quantitative estimate of drug-likeness (QED) is 0.875. The zero-order valence-corrected chi connectivity index (χ0v) is 12.6. The highest BCUT2D eigenvalue weighted by Gasteiger charge is 2.35. The van der Waals surface area contributed by atoms with Gasteiger partial charge in [-0.05, 0) is 37.1 Å². The van der Waals surface area contributed by atoms with Gasteiger partial charge in [0.15, 0.2) is 0 Å². The molecule has 1 aromatic rings. The summed E-state index contributed by atoms with van der Waals surface area (Å²) in [5.74, 6) is -0.716. The van der Waals surface area contributed by atoms with Gasteiger partial charge in [0.25, 0.3) is 0 Å². The molecular formula is C16H20FN3O2. The number of hydrogen-bond acceptors (Lipinski definition) is 4. The van der Waals surface area contributed by atoms with Gasteiger partial charge in [-0.25, -0.2) is 4.39 Å². The molecule has 0 radical (unpaired) electrons. The largest absolute Gasteiger partial charge is 0.388 e. The Labute approximate surface area is 129 Å². The number of aliphatic hydroxyl groups is 1. The third-order valence-corrected chi connectivity index (χ3v) is 3.96. The smallest absolute Gasteiger partial charge is 0.222 e. The summed E-state index contributed by atoms with van der Waals surface area (Å²) < 4.78 is 13.6. The molecule has 1 heterocycles. The molecule has 1 aromatic carbocycles. The van der Waals surface area contributed by atoms with E-state index in [1.54, 1.807) is 19.2 Å². The highest BCUT2D eigenvalue weighted by molar-refractivity contribution is 5.76. The fourth-order valence-corrected chi connectivity index (χ4v) is 2.88. The molecule has 1 aliphatic heterocycles. The van der Waals surface area contributed by atoms with Crippen LogP contribution < -0.4 is 5.32 Å². The lowest BCUT2D eigenvalue weighted by atomic mass is 9.89. The standard InChI is InChI=1S/C16H20FN3O2/c1-19-15(21)8-16(22)5-2-6-20(11-16)10-12-3-4-13(9-18)14(17)7-12/h3-4,7,22H,2,5-6,8,10-11H2,1H3,(H,19,21). The minimum atomic E-state index is -1.04. The van der Waals surface area contributed by atoms with E-state index in [1.165, 1.54) is 12.1 Å². The average Bonchev–Trinajstić information content (AvgIpc) is 2.47. The number of hydrogen-bond donors (Lipinski definition) is 2. The van der Waals surface area contributed by atoms with Crippen molar-refractivity contribution >= 4 is 5.91 Å². The van der Waals surface area contributed by atoms with Gasteiger partial charge in [0, 0.05) is 20.1 Å². The Balaban J connectivity index is 2.02. The lowest BCUT2D eigenvalue weighted by molar-refractivity contribution is -0.128. The lowest BCUT2D eigenvalue weighted by Gasteiger charge is -2.38. The van der Waals surface area contributed by atoms with Crippen LogP contribution >= 0.6 is 0 Å². The summed E-state index contributed by atoms with van der Waals surface area (Å²) in [5, 5.41) is 21.8. The molecule has 1 atom stereocenters. The van der Waals surface area contributed by atoms with Crippen molar-refractivity contribution in [3.63, 3.8) is 0 Å². The fraction of sp³-hybridized carbons (Fsp3) is 0.500. The highest BCUT2D eigenvalue weighted by Crippen LogP contribution is 2.26. The van der Waals surface area contributed by atoms with Crippen molar-refractivity contribution < 1.29 is 14.3 Å². The first kappa shape index (κ1) is 16.4. The van der Waals surface area contributed by atoms with Crippen LogP contribution in [0.3, 0.4) is 0 Å². The monoisotopic (exact) mass is 305 g/mol. The number of halogens is 1. The van der Waals surface area contributed by atoms with Gasteiger partial charge in [0.2, 0.25) is 5.91 Å². The van der Waals surface area contributed by atoms with E-state index in [4.69, 9.17) is 5.26 Å². The summed E-state index contributed by atoms with van der Waals surface area (Å²) in [4.78, 5) is 13.5. The molecule has 6 heteroatoms. The number of β-amino-alcohol motifs (C(OH)–C–C–N with tert-alkyl or cyclic N) is 1. The number of nitriles is 1. The Morgan fingerprint density at radius 3 is 3.00 bits per heavy atom. The molecule has 118 valence electrons. The molecule has 2 N–H and O–H groups in total. The molecule has 1 amide bonds. The number of rotatable bonds is 4. The Bertz CT molecular complexity index is 600. The van der Waals surface area contributed by atoms with Gasteiger partial charge in [-0.1, -0.05) is 6.07 Å². The van der Waals surface area contributed by atoms with Gasteiger partial charge >= 0.3 is 0 Å². The van der Waals surface area contributed by atoms with Crippen LogP contribution in [0.4, 0.5) is 4.39 Å². The SMILES string of the molecule is CNC(=O)CC1(O)CCCN(Cc2ccc(C#N)c(F)c2)C1. The van der Waals surface area contributed by atoms with Crippen molar-refractivity contribution in [3.05, 3.63) is 35.1 Å². The van der Waals surface area contributed by atoms with Crippen molar-refractivity contribution in [2.24, 2.45) is 0 Å². The van der Waals surface area contributed by atoms with Gasteiger partial charge in [0.1, 0.15) is 11.9 Å². The van der Waals surface area contributed by atoms with Gasteiger partial charge in [0.05, 0.1) is 17.6 Å². The van der Waals surface area contributed by atoms with E-state index in [1.807, 2.05) is 4.90 Å². The maximum Gasteiger partial charge on any atom is 0.222 e. The van der Waals surface area contributed by atoms with E-state index in [-0.39, 0.29) is 17.9 Å². The van der Waals surface area contributed by atoms with Gasteiger partial charge < -0.3 is 10.4 Å². The summed E-state index contributed by atoms with van der Waals surface area (Å²) in [6.07, 6.45) is 1.44. The summed E-state index contributed by atoms with van der Waals surface area (Å²) in [6.45, 7) is 1.65. The third kappa shape index (κ3) is 4.03. The first-order valence-corrected chi connectivity index (χ1v) is 7.29. The molecular weight excluding hydrogens is 285 g/mol. The van der Waals surface area contributed by atoms with Crippen molar-refractivity contribution in [2.75, 3.05) is 20.1 Å². The van der Waals surface area contributed by atoms with E-state index in [9.17, 15) is 14.3 Å². The summed E-state index contributed by atoms with van der Waals surface area (Å²) in [5.41, 5.74) is -0.261. The third-order valence-electron chi connectivity index (χ3n) is 3.96. The molecule has 2 rings (SSSR count). The zero-order chi connectivity index (χ0) is 16.2. The molecule has 1 fully saturated rings. The molecule has 1 unspecified atom stereocenters. The minimum absolute atomic E-state index is 0.0264. The second-order valence-electron chi connectivity index (χ2n) is 5.81. The number of nitrogens with one attached hydrogen (secondary N) is 1. The Morgan fingerprint density at radius 2 is 2.36 bits per heavy atom. The number of likely N-dealkylation sites (tertiary alicyclic amines) is 1. The van der Waals surface area contributed by atoms with Crippen molar-refractivity contribution in [3.8, 4) is 6.07 Å². The van der Waals surface area contributed by atoms with Gasteiger partial charge in [-0.15, -0.1) is 0 Å². The van der Waals surface area contributed by atoms with E-state index in [0.29, 0.717) is 19.5 Å². The van der Waals surface area contributed by atoms with E-state index in [0.717, 1.165) is 18.5 Å². The predicted molar refractivity (Wildman–Crippen MR) is 79.3 cm³/mol. The molecule has 0 bridgehead atoms. The first-order chi connectivity index (χ1) is 10.5. The van der Waals surface area contributed by atoms with Crippen molar-refractivity contribution in [1.29, 1.82) is 5.26 Å². The number of amides is 1. The highest BCUT2D eigenvalue weighted by atomic mass is 19.1. The topological polar surface area (TPSA) is 76.4 Å². The second-order valence-corrected chi connectivity index (χ2v) is 5.81. The van der Waals surface area contributed by atoms with Crippen LogP contribution in [0.5, 0.6) is 0 Å². The normalized spacial score (nSPS) is 22.1. The number of carbonyl (C=O) groups excluding carboxylic acids is 1. The molecule has 0 aromatic heterocycles. The van der Waals surface area contributed by atoms with E-state index in [2.05, 4.69) is 5.32 Å². The lowest BCUT2D eigenvalue weighted by Crippen LogP contribution is -2.49. The van der Waals surface area contributed by atoms with Crippen LogP contribution in [0.1, 0.15) is 30.4 Å². The molecule has 1 aliphatic rings. The molecule has 1 saturated heterocycles. The molecule has 0 spiro atoms. The van der Waals surface area contributed by atoms with Crippen LogP contribution in [-0.2, 0) is 11.3 Å². The number of piperidine rings is 1. The molecule has 5 nitrogen and oxygen atoms in total. The maximum absolute atomic E-state index is 13.6. The summed E-state index contributed by atoms with van der Waals surface area (Å²) >= 11 is 0. The van der Waals surface area contributed by atoms with Crippen molar-refractivity contribution in [1.82, 2.24) is 10.2 Å². The van der Waals surface area contributed by atoms with Crippen LogP contribution in [0.25, 0.3) is 0 Å². The summed E-state index contributed by atoms with van der Waals surface area (Å²) in [7, 11) is 1.55. The maximum atomic E-state index is 13.6. The molecule has 0 saturated carbocycles. The second kappa shape index (κ2) is 6.86. The van der Waals surface area contributed by atoms with E-state index < -0.39 is 11.4 Å². The minimum Gasteiger partial charge on any atom is -0.388 e. The Hall–Kier alpha value is -1.97. The zero-order valence-electron chi connectivity index (χ0n) is 12.6. The first-order valence-electron chi connectivity index (χ1n) is 7.29. The number of carbonyl (C=O) groups is 1. The summed E-state index contributed by atoms with van der Waals surface area (Å²) in [6, 6.07) is 6.33. The van der Waals surface area contributed by atoms with Crippen molar-refractivity contribution in [2.45, 2.75) is 31.4 Å². The number of benzene rings is 1. The van der Waals surface area contributed by atoms with E-state index >= 15 is 0 Å². The van der Waals surface area contributed by atoms with Crippen LogP contribution in [-0.4, -0.2) is 41.7 Å².